The number of methoxy groups -OCH3 is 1. The Labute approximate surface area is 98.8 Å². The van der Waals surface area contributed by atoms with Crippen LogP contribution in [0.25, 0.3) is 0 Å². The molecule has 0 spiro atoms. The summed E-state index contributed by atoms with van der Waals surface area (Å²) in [6.07, 6.45) is 1.83. The second-order valence-electron chi connectivity index (χ2n) is 3.29. The third-order valence-corrected chi connectivity index (χ3v) is 2.99. The monoisotopic (exact) mass is 241 g/mol. The van der Waals surface area contributed by atoms with Gasteiger partial charge in [-0.2, -0.15) is 0 Å². The topological polar surface area (TPSA) is 72.5 Å². The first kappa shape index (κ1) is 12.9. The van der Waals surface area contributed by atoms with E-state index in [4.69, 9.17) is 15.6 Å². The summed E-state index contributed by atoms with van der Waals surface area (Å²) in [4.78, 5) is 11.6. The number of benzene rings is 1. The number of hydrogen-bond donors (Lipinski definition) is 2. The number of thioether (sulfide) groups is 1. The maximum absolute atomic E-state index is 10.6. The molecule has 88 valence electrons. The van der Waals surface area contributed by atoms with E-state index in [1.165, 1.54) is 0 Å². The predicted molar refractivity (Wildman–Crippen MR) is 64.0 cm³/mol. The van der Waals surface area contributed by atoms with Crippen LogP contribution in [0.4, 0.5) is 0 Å². The molecule has 1 aromatic carbocycles. The van der Waals surface area contributed by atoms with E-state index in [9.17, 15) is 4.79 Å². The van der Waals surface area contributed by atoms with E-state index in [1.54, 1.807) is 24.9 Å². The highest BCUT2D eigenvalue weighted by atomic mass is 32.2. The summed E-state index contributed by atoms with van der Waals surface area (Å²) in [5, 5.41) is 8.71. The van der Waals surface area contributed by atoms with Crippen LogP contribution < -0.4 is 10.5 Å². The Balaban J connectivity index is 3.07. The van der Waals surface area contributed by atoms with Gasteiger partial charge in [-0.1, -0.05) is 12.1 Å². The zero-order chi connectivity index (χ0) is 12.1. The molecule has 0 aliphatic rings. The molecule has 5 heteroatoms. The lowest BCUT2D eigenvalue weighted by atomic mass is 10.0. The van der Waals surface area contributed by atoms with Crippen LogP contribution in [0.3, 0.4) is 0 Å². The number of hydrogen-bond acceptors (Lipinski definition) is 4. The first-order chi connectivity index (χ1) is 7.60. The van der Waals surface area contributed by atoms with E-state index in [2.05, 4.69) is 0 Å². The second kappa shape index (κ2) is 5.77. The number of nitrogens with two attached hydrogens (primary N) is 1. The molecule has 0 radical (unpaired) electrons. The molecule has 0 fully saturated rings. The van der Waals surface area contributed by atoms with Crippen molar-refractivity contribution in [3.05, 3.63) is 23.8 Å². The van der Waals surface area contributed by atoms with Crippen LogP contribution in [0, 0.1) is 0 Å². The fourth-order valence-electron chi connectivity index (χ4n) is 1.50. The highest BCUT2D eigenvalue weighted by Gasteiger charge is 2.17. The average molecular weight is 241 g/mol. The number of ether oxygens (including phenoxy) is 1. The first-order valence-corrected chi connectivity index (χ1v) is 6.01. The molecule has 0 saturated heterocycles. The Morgan fingerprint density at radius 2 is 2.31 bits per heavy atom. The first-order valence-electron chi connectivity index (χ1n) is 4.78. The molecule has 4 nitrogen and oxygen atoms in total. The molecule has 0 aromatic heterocycles. The summed E-state index contributed by atoms with van der Waals surface area (Å²) in [6.45, 7) is 0. The highest BCUT2D eigenvalue weighted by molar-refractivity contribution is 7.98. The Morgan fingerprint density at radius 3 is 2.81 bits per heavy atom. The highest BCUT2D eigenvalue weighted by Crippen LogP contribution is 2.34. The van der Waals surface area contributed by atoms with E-state index in [0.29, 0.717) is 5.75 Å². The largest absolute Gasteiger partial charge is 0.495 e. The van der Waals surface area contributed by atoms with E-state index >= 15 is 0 Å². The quantitative estimate of drug-likeness (QED) is 0.770. The zero-order valence-electron chi connectivity index (χ0n) is 9.27. The summed E-state index contributed by atoms with van der Waals surface area (Å²) < 4.78 is 5.28. The van der Waals surface area contributed by atoms with Gasteiger partial charge in [-0.3, -0.25) is 4.79 Å². The predicted octanol–water partition coefficient (Wildman–Crippen LogP) is 1.89. The molecule has 1 aromatic rings. The molecular formula is C11H15NO3S. The van der Waals surface area contributed by atoms with Crippen LogP contribution in [0.15, 0.2) is 23.1 Å². The van der Waals surface area contributed by atoms with Crippen molar-refractivity contribution in [2.75, 3.05) is 13.4 Å². The number of para-hydroxylation sites is 1. The molecule has 0 saturated carbocycles. The molecule has 1 rings (SSSR count). The van der Waals surface area contributed by atoms with Gasteiger partial charge < -0.3 is 15.6 Å². The van der Waals surface area contributed by atoms with Crippen LogP contribution in [0.1, 0.15) is 18.0 Å². The smallest absolute Gasteiger partial charge is 0.305 e. The lowest BCUT2D eigenvalue weighted by Crippen LogP contribution is -2.16. The van der Waals surface area contributed by atoms with Gasteiger partial charge in [0.15, 0.2) is 0 Å². The minimum absolute atomic E-state index is 0.103. The summed E-state index contributed by atoms with van der Waals surface area (Å²) in [7, 11) is 1.56. The maximum atomic E-state index is 10.6. The zero-order valence-corrected chi connectivity index (χ0v) is 10.1. The second-order valence-corrected chi connectivity index (χ2v) is 4.14. The summed E-state index contributed by atoms with van der Waals surface area (Å²) in [5.41, 5.74) is 6.56. The fraction of sp³-hybridized carbons (Fsp3) is 0.364. The molecule has 0 amide bonds. The van der Waals surface area contributed by atoms with E-state index in [0.717, 1.165) is 10.5 Å². The number of carboxylic acids is 1. The van der Waals surface area contributed by atoms with Crippen molar-refractivity contribution in [1.29, 1.82) is 0 Å². The van der Waals surface area contributed by atoms with E-state index in [-0.39, 0.29) is 6.42 Å². The van der Waals surface area contributed by atoms with Gasteiger partial charge in [-0.15, -0.1) is 11.8 Å². The van der Waals surface area contributed by atoms with E-state index in [1.807, 2.05) is 18.4 Å². The van der Waals surface area contributed by atoms with Crippen molar-refractivity contribution in [3.8, 4) is 5.75 Å². The van der Waals surface area contributed by atoms with Crippen molar-refractivity contribution >= 4 is 17.7 Å². The molecule has 3 N–H and O–H groups in total. The number of carboxylic acid groups (broad SMARTS) is 1. The molecule has 0 aliphatic carbocycles. The van der Waals surface area contributed by atoms with Gasteiger partial charge in [0.05, 0.1) is 13.5 Å². The normalized spacial score (nSPS) is 12.2. The van der Waals surface area contributed by atoms with E-state index < -0.39 is 12.0 Å². The van der Waals surface area contributed by atoms with Crippen LogP contribution in [0.5, 0.6) is 5.75 Å². The standard InChI is InChI=1S/C11H15NO3S/c1-15-11-7(8(12)6-10(13)14)4-3-5-9(11)16-2/h3-5,8H,6,12H2,1-2H3,(H,13,14). The Kier molecular flexibility index (Phi) is 4.64. The van der Waals surface area contributed by atoms with Crippen molar-refractivity contribution < 1.29 is 14.6 Å². The van der Waals surface area contributed by atoms with Crippen molar-refractivity contribution in [2.24, 2.45) is 5.73 Å². The minimum Gasteiger partial charge on any atom is -0.495 e. The SMILES string of the molecule is COc1c(SC)cccc1C(N)CC(=O)O. The molecule has 16 heavy (non-hydrogen) atoms. The molecular weight excluding hydrogens is 226 g/mol. The average Bonchev–Trinajstić information content (AvgIpc) is 2.26. The molecule has 0 heterocycles. The van der Waals surface area contributed by atoms with Crippen LogP contribution >= 0.6 is 11.8 Å². The summed E-state index contributed by atoms with van der Waals surface area (Å²) in [6, 6.07) is 5.03. The Hall–Kier alpha value is -1.20. The van der Waals surface area contributed by atoms with Gasteiger partial charge in [-0.05, 0) is 12.3 Å². The Morgan fingerprint density at radius 1 is 1.62 bits per heavy atom. The van der Waals surface area contributed by atoms with Gasteiger partial charge in [0.25, 0.3) is 0 Å². The van der Waals surface area contributed by atoms with Crippen LogP contribution in [-0.2, 0) is 4.79 Å². The van der Waals surface area contributed by atoms with Gasteiger partial charge in [0.1, 0.15) is 5.75 Å². The molecule has 1 atom stereocenters. The molecule has 0 bridgehead atoms. The van der Waals surface area contributed by atoms with Gasteiger partial charge in [0, 0.05) is 16.5 Å². The number of rotatable bonds is 5. The summed E-state index contributed by atoms with van der Waals surface area (Å²) in [5.74, 6) is -0.243. The molecule has 0 aliphatic heterocycles. The van der Waals surface area contributed by atoms with Crippen molar-refractivity contribution in [3.63, 3.8) is 0 Å². The Bertz CT molecular complexity index is 381. The van der Waals surface area contributed by atoms with Gasteiger partial charge >= 0.3 is 5.97 Å². The fourth-order valence-corrected chi connectivity index (χ4v) is 2.10. The third-order valence-electron chi connectivity index (χ3n) is 2.23. The lowest BCUT2D eigenvalue weighted by molar-refractivity contribution is -0.137. The van der Waals surface area contributed by atoms with Crippen LogP contribution in [-0.4, -0.2) is 24.4 Å². The summed E-state index contributed by atoms with van der Waals surface area (Å²) >= 11 is 1.54. The maximum Gasteiger partial charge on any atom is 0.305 e. The van der Waals surface area contributed by atoms with Gasteiger partial charge in [0.2, 0.25) is 0 Å². The number of aliphatic carboxylic acids is 1. The third kappa shape index (κ3) is 2.90. The minimum atomic E-state index is -0.913. The molecule has 1 unspecified atom stereocenters. The van der Waals surface area contributed by atoms with Crippen molar-refractivity contribution in [1.82, 2.24) is 0 Å². The lowest BCUT2D eigenvalue weighted by Gasteiger charge is -2.16. The van der Waals surface area contributed by atoms with Crippen molar-refractivity contribution in [2.45, 2.75) is 17.4 Å². The number of carbonyl (C=O) groups is 1. The van der Waals surface area contributed by atoms with Crippen LogP contribution in [0.2, 0.25) is 0 Å². The van der Waals surface area contributed by atoms with Gasteiger partial charge in [-0.25, -0.2) is 0 Å².